The van der Waals surface area contributed by atoms with Gasteiger partial charge in [-0.1, -0.05) is 0 Å². The summed E-state index contributed by atoms with van der Waals surface area (Å²) in [4.78, 5) is 25.0. The number of likely N-dealkylation sites (tertiary alicyclic amines) is 1. The first kappa shape index (κ1) is 16.0. The molecule has 1 aliphatic rings. The van der Waals surface area contributed by atoms with E-state index in [1.807, 2.05) is 0 Å². The number of carboxylic acids is 1. The third-order valence-electron chi connectivity index (χ3n) is 3.56. The molecule has 110 valence electrons. The Bertz CT molecular complexity index is 349. The molecule has 5 heteroatoms. The summed E-state index contributed by atoms with van der Waals surface area (Å²) in [6, 6.07) is 0. The number of rotatable bonds is 4. The van der Waals surface area contributed by atoms with Crippen molar-refractivity contribution in [2.75, 3.05) is 19.6 Å². The van der Waals surface area contributed by atoms with Crippen molar-refractivity contribution < 1.29 is 14.7 Å². The fourth-order valence-electron chi connectivity index (χ4n) is 2.33. The first-order valence-corrected chi connectivity index (χ1v) is 6.90. The van der Waals surface area contributed by atoms with Gasteiger partial charge in [-0.3, -0.25) is 9.59 Å². The number of hydrogen-bond acceptors (Lipinski definition) is 3. The highest BCUT2D eigenvalue weighted by molar-refractivity contribution is 5.79. The lowest BCUT2D eigenvalue weighted by Crippen LogP contribution is -2.49. The zero-order valence-corrected chi connectivity index (χ0v) is 12.5. The van der Waals surface area contributed by atoms with Crippen LogP contribution >= 0.6 is 0 Å². The molecule has 1 saturated heterocycles. The molecule has 0 aliphatic carbocycles. The Morgan fingerprint density at radius 2 is 2.00 bits per heavy atom. The van der Waals surface area contributed by atoms with E-state index in [1.165, 1.54) is 0 Å². The summed E-state index contributed by atoms with van der Waals surface area (Å²) >= 11 is 0. The SMILES string of the molecule is CC(C)(C)NCCC(=O)N1CCCC(C)(C(=O)O)C1. The van der Waals surface area contributed by atoms with Gasteiger partial charge in [-0.05, 0) is 40.5 Å². The molecule has 0 bridgehead atoms. The summed E-state index contributed by atoms with van der Waals surface area (Å²) in [5.41, 5.74) is -0.789. The average molecular weight is 270 g/mol. The van der Waals surface area contributed by atoms with E-state index in [1.54, 1.807) is 11.8 Å². The standard InChI is InChI=1S/C14H26N2O3/c1-13(2,3)15-8-6-11(17)16-9-5-7-14(4,10-16)12(18)19/h15H,5-10H2,1-4H3,(H,18,19). The van der Waals surface area contributed by atoms with E-state index < -0.39 is 11.4 Å². The molecular formula is C14H26N2O3. The number of nitrogens with zero attached hydrogens (tertiary/aromatic N) is 1. The van der Waals surface area contributed by atoms with E-state index in [0.29, 0.717) is 32.5 Å². The fraction of sp³-hybridized carbons (Fsp3) is 0.857. The average Bonchev–Trinajstić information content (AvgIpc) is 2.27. The van der Waals surface area contributed by atoms with E-state index in [0.717, 1.165) is 6.42 Å². The Morgan fingerprint density at radius 3 is 2.53 bits per heavy atom. The number of hydrogen-bond donors (Lipinski definition) is 2. The monoisotopic (exact) mass is 270 g/mol. The second-order valence-electron chi connectivity index (χ2n) is 6.71. The van der Waals surface area contributed by atoms with Crippen LogP contribution in [-0.4, -0.2) is 47.1 Å². The Kier molecular flexibility index (Phi) is 4.96. The summed E-state index contributed by atoms with van der Waals surface area (Å²) in [7, 11) is 0. The molecule has 1 rings (SSSR count). The minimum absolute atomic E-state index is 0.00223. The van der Waals surface area contributed by atoms with Crippen LogP contribution in [0.2, 0.25) is 0 Å². The van der Waals surface area contributed by atoms with Gasteiger partial charge in [-0.2, -0.15) is 0 Å². The molecule has 2 N–H and O–H groups in total. The van der Waals surface area contributed by atoms with E-state index in [2.05, 4.69) is 26.1 Å². The number of carbonyl (C=O) groups excluding carboxylic acids is 1. The molecule has 0 aromatic heterocycles. The maximum absolute atomic E-state index is 12.1. The lowest BCUT2D eigenvalue weighted by Gasteiger charge is -2.37. The molecule has 1 heterocycles. The van der Waals surface area contributed by atoms with Crippen LogP contribution in [-0.2, 0) is 9.59 Å². The minimum Gasteiger partial charge on any atom is -0.481 e. The summed E-state index contributed by atoms with van der Waals surface area (Å²) in [6.07, 6.45) is 1.83. The highest BCUT2D eigenvalue weighted by Crippen LogP contribution is 2.29. The number of carbonyl (C=O) groups is 2. The largest absolute Gasteiger partial charge is 0.481 e. The molecule has 1 unspecified atom stereocenters. The van der Waals surface area contributed by atoms with Gasteiger partial charge < -0.3 is 15.3 Å². The maximum Gasteiger partial charge on any atom is 0.311 e. The summed E-state index contributed by atoms with van der Waals surface area (Å²) in [5, 5.41) is 12.5. The van der Waals surface area contributed by atoms with Crippen molar-refractivity contribution in [3.63, 3.8) is 0 Å². The van der Waals surface area contributed by atoms with Gasteiger partial charge in [0.1, 0.15) is 0 Å². The van der Waals surface area contributed by atoms with Crippen molar-refractivity contribution in [1.29, 1.82) is 0 Å². The topological polar surface area (TPSA) is 69.6 Å². The smallest absolute Gasteiger partial charge is 0.311 e. The molecule has 0 saturated carbocycles. The van der Waals surface area contributed by atoms with Gasteiger partial charge in [0.2, 0.25) is 5.91 Å². The van der Waals surface area contributed by atoms with Crippen molar-refractivity contribution in [2.45, 2.75) is 52.5 Å². The van der Waals surface area contributed by atoms with Gasteiger partial charge in [0.15, 0.2) is 0 Å². The molecular weight excluding hydrogens is 244 g/mol. The van der Waals surface area contributed by atoms with Crippen LogP contribution in [0.5, 0.6) is 0 Å². The number of nitrogens with one attached hydrogen (secondary N) is 1. The van der Waals surface area contributed by atoms with Crippen LogP contribution in [0.4, 0.5) is 0 Å². The van der Waals surface area contributed by atoms with Gasteiger partial charge in [0, 0.05) is 31.6 Å². The van der Waals surface area contributed by atoms with Gasteiger partial charge in [-0.25, -0.2) is 0 Å². The fourth-order valence-corrected chi connectivity index (χ4v) is 2.33. The lowest BCUT2D eigenvalue weighted by molar-refractivity contribution is -0.153. The normalized spacial score (nSPS) is 24.3. The van der Waals surface area contributed by atoms with E-state index in [-0.39, 0.29) is 11.4 Å². The number of aliphatic carboxylic acids is 1. The van der Waals surface area contributed by atoms with Crippen molar-refractivity contribution in [3.05, 3.63) is 0 Å². The molecule has 0 aromatic rings. The van der Waals surface area contributed by atoms with Gasteiger partial charge in [-0.15, -0.1) is 0 Å². The highest BCUT2D eigenvalue weighted by atomic mass is 16.4. The van der Waals surface area contributed by atoms with Gasteiger partial charge in [0.25, 0.3) is 0 Å². The van der Waals surface area contributed by atoms with Crippen LogP contribution in [0.15, 0.2) is 0 Å². The third kappa shape index (κ3) is 4.82. The van der Waals surface area contributed by atoms with Crippen molar-refractivity contribution in [2.24, 2.45) is 5.41 Å². The van der Waals surface area contributed by atoms with Crippen molar-refractivity contribution in [3.8, 4) is 0 Å². The molecule has 0 spiro atoms. The first-order chi connectivity index (χ1) is 8.64. The second-order valence-corrected chi connectivity index (χ2v) is 6.71. The molecule has 1 aliphatic heterocycles. The molecule has 1 atom stereocenters. The highest BCUT2D eigenvalue weighted by Gasteiger charge is 2.39. The molecule has 1 fully saturated rings. The van der Waals surface area contributed by atoms with Gasteiger partial charge in [0.05, 0.1) is 5.41 Å². The predicted molar refractivity (Wildman–Crippen MR) is 73.9 cm³/mol. The Hall–Kier alpha value is -1.10. The lowest BCUT2D eigenvalue weighted by atomic mass is 9.82. The molecule has 0 aromatic carbocycles. The van der Waals surface area contributed by atoms with Crippen molar-refractivity contribution >= 4 is 11.9 Å². The maximum atomic E-state index is 12.1. The van der Waals surface area contributed by atoms with E-state index >= 15 is 0 Å². The summed E-state index contributed by atoms with van der Waals surface area (Å²) in [5.74, 6) is -0.762. The summed E-state index contributed by atoms with van der Waals surface area (Å²) < 4.78 is 0. The Morgan fingerprint density at radius 1 is 1.37 bits per heavy atom. The quantitative estimate of drug-likeness (QED) is 0.812. The molecule has 19 heavy (non-hydrogen) atoms. The summed E-state index contributed by atoms with van der Waals surface area (Å²) in [6.45, 7) is 9.53. The van der Waals surface area contributed by atoms with Crippen LogP contribution in [0, 0.1) is 5.41 Å². The minimum atomic E-state index is -0.808. The van der Waals surface area contributed by atoms with Gasteiger partial charge >= 0.3 is 5.97 Å². The van der Waals surface area contributed by atoms with E-state index in [9.17, 15) is 14.7 Å². The second kappa shape index (κ2) is 5.90. The third-order valence-corrected chi connectivity index (χ3v) is 3.56. The van der Waals surface area contributed by atoms with E-state index in [4.69, 9.17) is 0 Å². The number of piperidine rings is 1. The number of amides is 1. The number of carboxylic acid groups (broad SMARTS) is 1. The van der Waals surface area contributed by atoms with Crippen LogP contribution in [0.3, 0.4) is 0 Å². The molecule has 5 nitrogen and oxygen atoms in total. The van der Waals surface area contributed by atoms with Crippen LogP contribution in [0.25, 0.3) is 0 Å². The Labute approximate surface area is 115 Å². The molecule has 1 amide bonds. The first-order valence-electron chi connectivity index (χ1n) is 6.90. The zero-order valence-electron chi connectivity index (χ0n) is 12.5. The predicted octanol–water partition coefficient (Wildman–Crippen LogP) is 1.48. The van der Waals surface area contributed by atoms with Crippen molar-refractivity contribution in [1.82, 2.24) is 10.2 Å². The van der Waals surface area contributed by atoms with Crippen LogP contribution in [0.1, 0.15) is 47.0 Å². The molecule has 0 radical (unpaired) electrons. The zero-order chi connectivity index (χ0) is 14.7. The Balaban J connectivity index is 2.47. The van der Waals surface area contributed by atoms with Crippen LogP contribution < -0.4 is 5.32 Å².